The minimum atomic E-state index is 1.03. The van der Waals surface area contributed by atoms with Crippen LogP contribution in [0.15, 0.2) is 24.3 Å². The van der Waals surface area contributed by atoms with Crippen molar-refractivity contribution in [1.82, 2.24) is 15.2 Å². The lowest BCUT2D eigenvalue weighted by Gasteiger charge is -2.30. The summed E-state index contributed by atoms with van der Waals surface area (Å²) in [4.78, 5) is 8.49. The van der Waals surface area contributed by atoms with Crippen LogP contribution in [-0.2, 0) is 0 Å². The van der Waals surface area contributed by atoms with E-state index in [0.717, 1.165) is 37.8 Å². The fourth-order valence-electron chi connectivity index (χ4n) is 4.39. The highest BCUT2D eigenvalue weighted by Gasteiger charge is 2.23. The molecule has 0 spiro atoms. The zero-order chi connectivity index (χ0) is 16.6. The molecule has 3 aromatic rings. The summed E-state index contributed by atoms with van der Waals surface area (Å²) >= 11 is 0. The predicted molar refractivity (Wildman–Crippen MR) is 104 cm³/mol. The van der Waals surface area contributed by atoms with Crippen LogP contribution < -0.4 is 9.80 Å². The number of H-pyrrole nitrogens is 1. The number of fused-ring (bicyclic) bond motifs is 3. The maximum atomic E-state index is 4.74. The fraction of sp³-hybridized carbons (Fsp3) is 0.500. The van der Waals surface area contributed by atoms with Crippen LogP contribution in [0.5, 0.6) is 0 Å². The van der Waals surface area contributed by atoms with Gasteiger partial charge >= 0.3 is 0 Å². The van der Waals surface area contributed by atoms with E-state index in [9.17, 15) is 0 Å². The molecule has 2 aromatic heterocycles. The number of nitrogens with zero attached hydrogens (tertiary/aromatic N) is 4. The van der Waals surface area contributed by atoms with Gasteiger partial charge in [0.05, 0.1) is 10.9 Å². The molecular formula is C20H25N5. The number of nitrogens with one attached hydrogen (secondary N) is 1. The lowest BCUT2D eigenvalue weighted by Crippen LogP contribution is -2.32. The first-order valence-corrected chi connectivity index (χ1v) is 9.69. The van der Waals surface area contributed by atoms with Crippen molar-refractivity contribution >= 4 is 33.4 Å². The van der Waals surface area contributed by atoms with E-state index in [1.165, 1.54) is 60.3 Å². The Morgan fingerprint density at radius 1 is 0.720 bits per heavy atom. The van der Waals surface area contributed by atoms with Crippen molar-refractivity contribution in [2.75, 3.05) is 36.0 Å². The second-order valence-electron chi connectivity index (χ2n) is 7.36. The molecule has 0 saturated carbocycles. The van der Waals surface area contributed by atoms with Gasteiger partial charge in [-0.25, -0.2) is 0 Å². The average Bonchev–Trinajstić information content (AvgIpc) is 3.08. The van der Waals surface area contributed by atoms with Gasteiger partial charge in [0, 0.05) is 37.1 Å². The Kier molecular flexibility index (Phi) is 3.72. The summed E-state index contributed by atoms with van der Waals surface area (Å²) in [6.45, 7) is 4.35. The largest absolute Gasteiger partial charge is 0.355 e. The molecule has 2 aliphatic heterocycles. The molecule has 0 unspecified atom stereocenters. The number of hydrogen-bond acceptors (Lipinski definition) is 4. The highest BCUT2D eigenvalue weighted by molar-refractivity contribution is 6.15. The van der Waals surface area contributed by atoms with Crippen molar-refractivity contribution in [1.29, 1.82) is 0 Å². The normalized spacial score (nSPS) is 19.0. The minimum Gasteiger partial charge on any atom is -0.355 e. The van der Waals surface area contributed by atoms with Gasteiger partial charge in [0.2, 0.25) is 0 Å². The van der Waals surface area contributed by atoms with Crippen LogP contribution in [0.2, 0.25) is 0 Å². The number of hydrogen-bond donors (Lipinski definition) is 1. The topological polar surface area (TPSA) is 48.1 Å². The van der Waals surface area contributed by atoms with E-state index in [4.69, 9.17) is 10.2 Å². The maximum absolute atomic E-state index is 4.74. The lowest BCUT2D eigenvalue weighted by atomic mass is 10.1. The van der Waals surface area contributed by atoms with Crippen LogP contribution in [0.25, 0.3) is 21.8 Å². The molecule has 25 heavy (non-hydrogen) atoms. The van der Waals surface area contributed by atoms with Crippen molar-refractivity contribution in [3.05, 3.63) is 24.3 Å². The number of aromatic amines is 1. The van der Waals surface area contributed by atoms with E-state index in [-0.39, 0.29) is 0 Å². The summed E-state index contributed by atoms with van der Waals surface area (Å²) in [5, 5.41) is 12.0. The van der Waals surface area contributed by atoms with Crippen LogP contribution in [0.4, 0.5) is 11.6 Å². The van der Waals surface area contributed by atoms with Crippen LogP contribution in [0.1, 0.15) is 38.5 Å². The monoisotopic (exact) mass is 335 g/mol. The number of benzene rings is 1. The van der Waals surface area contributed by atoms with Crippen molar-refractivity contribution in [2.45, 2.75) is 38.5 Å². The van der Waals surface area contributed by atoms with Gasteiger partial charge in [0.15, 0.2) is 11.6 Å². The van der Waals surface area contributed by atoms with Crippen molar-refractivity contribution in [3.8, 4) is 0 Å². The van der Waals surface area contributed by atoms with E-state index >= 15 is 0 Å². The number of para-hydroxylation sites is 1. The minimum absolute atomic E-state index is 1.03. The third kappa shape index (κ3) is 2.53. The van der Waals surface area contributed by atoms with E-state index < -0.39 is 0 Å². The standard InChI is InChI=1S/C20H25N5/c1-5-11-24(12-6-1)19-17-15-9-3-4-10-16(15)21-18(17)20(23-22-19)25-13-7-2-8-14-25/h3-4,9-10,21H,1-2,5-8,11-14H2. The Labute approximate surface area is 148 Å². The van der Waals surface area contributed by atoms with Crippen LogP contribution >= 0.6 is 0 Å². The van der Waals surface area contributed by atoms with Gasteiger partial charge in [0.1, 0.15) is 0 Å². The third-order valence-electron chi connectivity index (χ3n) is 5.70. The second-order valence-corrected chi connectivity index (χ2v) is 7.36. The van der Waals surface area contributed by atoms with E-state index in [1.54, 1.807) is 0 Å². The van der Waals surface area contributed by atoms with Gasteiger partial charge in [-0.1, -0.05) is 18.2 Å². The van der Waals surface area contributed by atoms with Crippen LogP contribution in [0.3, 0.4) is 0 Å². The number of rotatable bonds is 2. The molecule has 5 nitrogen and oxygen atoms in total. The van der Waals surface area contributed by atoms with Crippen molar-refractivity contribution < 1.29 is 0 Å². The van der Waals surface area contributed by atoms with E-state index in [0.29, 0.717) is 0 Å². The zero-order valence-corrected chi connectivity index (χ0v) is 14.7. The summed E-state index contributed by atoms with van der Waals surface area (Å²) < 4.78 is 0. The first kappa shape index (κ1) is 15.0. The Morgan fingerprint density at radius 3 is 2.04 bits per heavy atom. The smallest absolute Gasteiger partial charge is 0.175 e. The van der Waals surface area contributed by atoms with Gasteiger partial charge in [-0.15, -0.1) is 10.2 Å². The van der Waals surface area contributed by atoms with Gasteiger partial charge in [-0.3, -0.25) is 0 Å². The summed E-state index contributed by atoms with van der Waals surface area (Å²) in [6.07, 6.45) is 7.64. The molecule has 0 aliphatic carbocycles. The summed E-state index contributed by atoms with van der Waals surface area (Å²) in [5.41, 5.74) is 2.35. The maximum Gasteiger partial charge on any atom is 0.175 e. The molecule has 2 saturated heterocycles. The Morgan fingerprint density at radius 2 is 1.32 bits per heavy atom. The summed E-state index contributed by atoms with van der Waals surface area (Å²) in [7, 11) is 0. The molecule has 0 bridgehead atoms. The van der Waals surface area contributed by atoms with E-state index in [1.807, 2.05) is 0 Å². The molecule has 0 amide bonds. The predicted octanol–water partition coefficient (Wildman–Crippen LogP) is 4.09. The van der Waals surface area contributed by atoms with E-state index in [2.05, 4.69) is 39.0 Å². The van der Waals surface area contributed by atoms with Gasteiger partial charge < -0.3 is 14.8 Å². The lowest BCUT2D eigenvalue weighted by molar-refractivity contribution is 0.566. The average molecular weight is 335 g/mol. The number of anilines is 2. The highest BCUT2D eigenvalue weighted by Crippen LogP contribution is 2.37. The molecule has 1 aromatic carbocycles. The molecule has 4 heterocycles. The molecule has 0 atom stereocenters. The molecule has 5 rings (SSSR count). The van der Waals surface area contributed by atoms with Gasteiger partial charge in [-0.05, 0) is 44.6 Å². The molecule has 2 aliphatic rings. The molecule has 0 radical (unpaired) electrons. The van der Waals surface area contributed by atoms with Crippen LogP contribution in [-0.4, -0.2) is 41.4 Å². The first-order chi connectivity index (χ1) is 12.4. The Hall–Kier alpha value is -2.30. The molecule has 1 N–H and O–H groups in total. The second kappa shape index (κ2) is 6.21. The number of aromatic nitrogens is 3. The van der Waals surface area contributed by atoms with Crippen molar-refractivity contribution in [3.63, 3.8) is 0 Å². The first-order valence-electron chi connectivity index (χ1n) is 9.69. The zero-order valence-electron chi connectivity index (χ0n) is 14.7. The molecule has 2 fully saturated rings. The Balaban J connectivity index is 1.72. The molecule has 130 valence electrons. The third-order valence-corrected chi connectivity index (χ3v) is 5.70. The molecule has 5 heteroatoms. The van der Waals surface area contributed by atoms with Crippen molar-refractivity contribution in [2.24, 2.45) is 0 Å². The number of piperidine rings is 2. The summed E-state index contributed by atoms with van der Waals surface area (Å²) in [6, 6.07) is 8.59. The fourth-order valence-corrected chi connectivity index (χ4v) is 4.39. The summed E-state index contributed by atoms with van der Waals surface area (Å²) in [5.74, 6) is 2.10. The Bertz CT molecular complexity index is 888. The SMILES string of the molecule is c1ccc2c(c1)[nH]c1c(N3CCCCC3)nnc(N3CCCCC3)c12. The molecular weight excluding hydrogens is 310 g/mol. The quantitative estimate of drug-likeness (QED) is 0.766. The highest BCUT2D eigenvalue weighted by atomic mass is 15.3. The van der Waals surface area contributed by atoms with Gasteiger partial charge in [0.25, 0.3) is 0 Å². The van der Waals surface area contributed by atoms with Crippen LogP contribution in [0, 0.1) is 0 Å². The van der Waals surface area contributed by atoms with Gasteiger partial charge in [-0.2, -0.15) is 0 Å².